The Labute approximate surface area is 145 Å². The van der Waals surface area contributed by atoms with E-state index in [4.69, 9.17) is 4.52 Å². The molecule has 1 atom stereocenters. The second kappa shape index (κ2) is 6.51. The highest BCUT2D eigenvalue weighted by molar-refractivity contribution is 5.96. The number of aromatic nitrogens is 4. The van der Waals surface area contributed by atoms with Gasteiger partial charge >= 0.3 is 0 Å². The molecule has 1 aliphatic rings. The minimum Gasteiger partial charge on any atom is -0.339 e. The number of amides is 1. The molecule has 0 saturated carbocycles. The average Bonchev–Trinajstić information content (AvgIpc) is 3.36. The van der Waals surface area contributed by atoms with Crippen LogP contribution in [-0.2, 0) is 6.54 Å². The number of aryl methyl sites for hydroxylation is 1. The van der Waals surface area contributed by atoms with E-state index in [1.54, 1.807) is 13.1 Å². The van der Waals surface area contributed by atoms with E-state index in [2.05, 4.69) is 15.2 Å². The zero-order chi connectivity index (χ0) is 17.2. The van der Waals surface area contributed by atoms with E-state index < -0.39 is 0 Å². The second-order valence-corrected chi connectivity index (χ2v) is 6.28. The minimum atomic E-state index is 0.0430. The van der Waals surface area contributed by atoms with Crippen LogP contribution in [0.15, 0.2) is 47.2 Å². The molecule has 1 amide bonds. The quantitative estimate of drug-likeness (QED) is 0.730. The molecule has 0 spiro atoms. The van der Waals surface area contributed by atoms with Gasteiger partial charge in [0.2, 0.25) is 5.89 Å². The predicted octanol–water partition coefficient (Wildman–Crippen LogP) is 2.25. The van der Waals surface area contributed by atoms with Crippen LogP contribution >= 0.6 is 0 Å². The maximum atomic E-state index is 13.0. The summed E-state index contributed by atoms with van der Waals surface area (Å²) in [5, 5.41) is 8.07. The van der Waals surface area contributed by atoms with Gasteiger partial charge in [-0.25, -0.2) is 0 Å². The Bertz CT molecular complexity index is 871. The van der Waals surface area contributed by atoms with Crippen LogP contribution in [0.2, 0.25) is 0 Å². The molecule has 2 aromatic heterocycles. The molecule has 0 radical (unpaired) electrons. The standard InChI is InChI=1S/C18H19N5O2/c1-13-20-17(25-21-13)15-7-10-22(11-15)18(24)16-6-3-2-5-14(16)12-23-9-4-8-19-23/h2-6,8-9,15H,7,10-12H2,1H3/t15-/m0/s1. The highest BCUT2D eigenvalue weighted by Gasteiger charge is 2.32. The first-order valence-corrected chi connectivity index (χ1v) is 8.35. The number of benzene rings is 1. The van der Waals surface area contributed by atoms with Gasteiger partial charge in [0.1, 0.15) is 0 Å². The Balaban J connectivity index is 1.52. The maximum Gasteiger partial charge on any atom is 0.254 e. The highest BCUT2D eigenvalue weighted by Crippen LogP contribution is 2.27. The van der Waals surface area contributed by atoms with Gasteiger partial charge < -0.3 is 9.42 Å². The fourth-order valence-corrected chi connectivity index (χ4v) is 3.23. The normalized spacial score (nSPS) is 17.2. The van der Waals surface area contributed by atoms with Gasteiger partial charge in [0.15, 0.2) is 5.82 Å². The van der Waals surface area contributed by atoms with Gasteiger partial charge in [0.25, 0.3) is 5.91 Å². The van der Waals surface area contributed by atoms with Crippen LogP contribution < -0.4 is 0 Å². The molecule has 3 aromatic rings. The molecule has 3 heterocycles. The van der Waals surface area contributed by atoms with E-state index in [9.17, 15) is 4.79 Å². The number of nitrogens with zero attached hydrogens (tertiary/aromatic N) is 5. The molecule has 4 rings (SSSR count). The number of rotatable bonds is 4. The summed E-state index contributed by atoms with van der Waals surface area (Å²) < 4.78 is 7.08. The zero-order valence-corrected chi connectivity index (χ0v) is 14.0. The Morgan fingerprint density at radius 3 is 2.96 bits per heavy atom. The van der Waals surface area contributed by atoms with E-state index in [-0.39, 0.29) is 11.8 Å². The summed E-state index contributed by atoms with van der Waals surface area (Å²) in [4.78, 5) is 19.2. The van der Waals surface area contributed by atoms with Crippen LogP contribution in [0.3, 0.4) is 0 Å². The summed E-state index contributed by atoms with van der Waals surface area (Å²) in [6.07, 6.45) is 4.47. The van der Waals surface area contributed by atoms with Crippen molar-refractivity contribution in [1.29, 1.82) is 0 Å². The molecule has 25 heavy (non-hydrogen) atoms. The Morgan fingerprint density at radius 2 is 2.20 bits per heavy atom. The number of hydrogen-bond donors (Lipinski definition) is 0. The van der Waals surface area contributed by atoms with Crippen LogP contribution in [0.5, 0.6) is 0 Å². The lowest BCUT2D eigenvalue weighted by atomic mass is 10.1. The van der Waals surface area contributed by atoms with Crippen LogP contribution in [0.1, 0.15) is 40.0 Å². The smallest absolute Gasteiger partial charge is 0.254 e. The van der Waals surface area contributed by atoms with Crippen molar-refractivity contribution in [3.8, 4) is 0 Å². The summed E-state index contributed by atoms with van der Waals surface area (Å²) in [6.45, 7) is 3.68. The van der Waals surface area contributed by atoms with Crippen molar-refractivity contribution in [3.63, 3.8) is 0 Å². The second-order valence-electron chi connectivity index (χ2n) is 6.28. The molecule has 1 fully saturated rings. The largest absolute Gasteiger partial charge is 0.339 e. The summed E-state index contributed by atoms with van der Waals surface area (Å²) in [5.41, 5.74) is 1.69. The summed E-state index contributed by atoms with van der Waals surface area (Å²) in [5.74, 6) is 1.41. The highest BCUT2D eigenvalue weighted by atomic mass is 16.5. The van der Waals surface area contributed by atoms with Crippen molar-refractivity contribution in [2.45, 2.75) is 25.8 Å². The van der Waals surface area contributed by atoms with E-state index in [1.807, 2.05) is 46.1 Å². The predicted molar refractivity (Wildman–Crippen MR) is 90.1 cm³/mol. The molecular formula is C18H19N5O2. The minimum absolute atomic E-state index is 0.0430. The van der Waals surface area contributed by atoms with Crippen LogP contribution in [-0.4, -0.2) is 43.8 Å². The fourth-order valence-electron chi connectivity index (χ4n) is 3.23. The summed E-state index contributed by atoms with van der Waals surface area (Å²) in [7, 11) is 0. The lowest BCUT2D eigenvalue weighted by Gasteiger charge is -2.18. The van der Waals surface area contributed by atoms with Crippen LogP contribution in [0.25, 0.3) is 0 Å². The topological polar surface area (TPSA) is 77.0 Å². The number of carbonyl (C=O) groups is 1. The molecule has 7 nitrogen and oxygen atoms in total. The van der Waals surface area contributed by atoms with Gasteiger partial charge in [0, 0.05) is 31.0 Å². The number of carbonyl (C=O) groups excluding carboxylic acids is 1. The fraction of sp³-hybridized carbons (Fsp3) is 0.333. The average molecular weight is 337 g/mol. The van der Waals surface area contributed by atoms with Crippen molar-refractivity contribution in [2.24, 2.45) is 0 Å². The van der Waals surface area contributed by atoms with Crippen LogP contribution in [0.4, 0.5) is 0 Å². The van der Waals surface area contributed by atoms with Gasteiger partial charge in [-0.3, -0.25) is 9.48 Å². The molecule has 0 unspecified atom stereocenters. The van der Waals surface area contributed by atoms with Crippen molar-refractivity contribution in [1.82, 2.24) is 24.8 Å². The Hall–Kier alpha value is -2.96. The lowest BCUT2D eigenvalue weighted by molar-refractivity contribution is 0.0788. The van der Waals surface area contributed by atoms with Crippen molar-refractivity contribution in [2.75, 3.05) is 13.1 Å². The molecule has 7 heteroatoms. The van der Waals surface area contributed by atoms with Crippen LogP contribution in [0, 0.1) is 6.92 Å². The molecule has 128 valence electrons. The van der Waals surface area contributed by atoms with Crippen molar-refractivity contribution < 1.29 is 9.32 Å². The SMILES string of the molecule is Cc1noc([C@H]2CCN(C(=O)c3ccccc3Cn3cccn3)C2)n1. The van der Waals surface area contributed by atoms with Crippen molar-refractivity contribution >= 4 is 5.91 Å². The molecule has 0 N–H and O–H groups in total. The molecule has 0 aliphatic carbocycles. The van der Waals surface area contributed by atoms with E-state index >= 15 is 0 Å². The third-order valence-electron chi connectivity index (χ3n) is 4.51. The number of hydrogen-bond acceptors (Lipinski definition) is 5. The molecule has 1 saturated heterocycles. The van der Waals surface area contributed by atoms with E-state index in [0.29, 0.717) is 31.3 Å². The molecule has 0 bridgehead atoms. The monoisotopic (exact) mass is 337 g/mol. The molecule has 1 aromatic carbocycles. The van der Waals surface area contributed by atoms with E-state index in [0.717, 1.165) is 17.5 Å². The summed E-state index contributed by atoms with van der Waals surface area (Å²) in [6, 6.07) is 9.58. The molecule has 1 aliphatic heterocycles. The van der Waals surface area contributed by atoms with Gasteiger partial charge in [0.05, 0.1) is 12.5 Å². The van der Waals surface area contributed by atoms with E-state index in [1.165, 1.54) is 0 Å². The van der Waals surface area contributed by atoms with Gasteiger partial charge in [-0.15, -0.1) is 0 Å². The van der Waals surface area contributed by atoms with Gasteiger partial charge in [-0.1, -0.05) is 23.4 Å². The first kappa shape index (κ1) is 15.6. The molecular weight excluding hydrogens is 318 g/mol. The Morgan fingerprint density at radius 1 is 1.32 bits per heavy atom. The third kappa shape index (κ3) is 3.17. The first-order chi connectivity index (χ1) is 12.2. The lowest BCUT2D eigenvalue weighted by Crippen LogP contribution is -2.29. The van der Waals surface area contributed by atoms with Gasteiger partial charge in [-0.2, -0.15) is 10.1 Å². The van der Waals surface area contributed by atoms with Gasteiger partial charge in [-0.05, 0) is 31.0 Å². The number of likely N-dealkylation sites (tertiary alicyclic amines) is 1. The zero-order valence-electron chi connectivity index (χ0n) is 14.0. The summed E-state index contributed by atoms with van der Waals surface area (Å²) >= 11 is 0. The maximum absolute atomic E-state index is 13.0. The first-order valence-electron chi connectivity index (χ1n) is 8.35. The van der Waals surface area contributed by atoms with Crippen molar-refractivity contribution in [3.05, 3.63) is 65.6 Å². The third-order valence-corrected chi connectivity index (χ3v) is 4.51. The Kier molecular flexibility index (Phi) is 4.05.